The summed E-state index contributed by atoms with van der Waals surface area (Å²) in [4.78, 5) is 11.5. The number of piperidine rings is 1. The summed E-state index contributed by atoms with van der Waals surface area (Å²) in [5.41, 5.74) is -0.115. The molecule has 1 aromatic rings. The molecular formula is C13H15BrFNO2. The Balaban J connectivity index is 2.29. The third kappa shape index (κ3) is 2.57. The number of halogens is 2. The van der Waals surface area contributed by atoms with Gasteiger partial charge in [-0.2, -0.15) is 0 Å². The van der Waals surface area contributed by atoms with Crippen molar-refractivity contribution in [3.63, 3.8) is 0 Å². The predicted octanol–water partition coefficient (Wildman–Crippen LogP) is 2.59. The zero-order valence-corrected chi connectivity index (χ0v) is 11.5. The van der Waals surface area contributed by atoms with Crippen molar-refractivity contribution >= 4 is 21.9 Å². The van der Waals surface area contributed by atoms with E-state index in [9.17, 15) is 14.3 Å². The van der Waals surface area contributed by atoms with Gasteiger partial charge < -0.3 is 10.4 Å². The topological polar surface area (TPSA) is 49.3 Å². The summed E-state index contributed by atoms with van der Waals surface area (Å²) in [6.45, 7) is 1.28. The summed E-state index contributed by atoms with van der Waals surface area (Å²) in [6, 6.07) is 4.74. The van der Waals surface area contributed by atoms with Crippen molar-refractivity contribution in [1.82, 2.24) is 5.32 Å². The number of aliphatic carboxylic acids is 1. The number of hydrogen-bond donors (Lipinski definition) is 2. The number of carboxylic acid groups (broad SMARTS) is 1. The average molecular weight is 316 g/mol. The molecular weight excluding hydrogens is 301 g/mol. The fourth-order valence-electron chi connectivity index (χ4n) is 2.43. The zero-order chi connectivity index (χ0) is 13.2. The normalized spacial score (nSPS) is 23.9. The molecule has 3 nitrogen and oxygen atoms in total. The van der Waals surface area contributed by atoms with Gasteiger partial charge in [-0.3, -0.25) is 4.79 Å². The Morgan fingerprint density at radius 1 is 1.56 bits per heavy atom. The fourth-order valence-corrected chi connectivity index (χ4v) is 2.83. The second-order valence-electron chi connectivity index (χ2n) is 4.76. The Hall–Kier alpha value is -0.940. The number of carboxylic acids is 1. The molecule has 0 aliphatic carbocycles. The van der Waals surface area contributed by atoms with Gasteiger partial charge in [0.2, 0.25) is 0 Å². The first-order chi connectivity index (χ1) is 8.55. The summed E-state index contributed by atoms with van der Waals surface area (Å²) in [5.74, 6) is -1.16. The van der Waals surface area contributed by atoms with Crippen LogP contribution >= 0.6 is 15.9 Å². The first-order valence-electron chi connectivity index (χ1n) is 5.92. The number of hydrogen-bond acceptors (Lipinski definition) is 2. The Morgan fingerprint density at radius 2 is 2.33 bits per heavy atom. The molecule has 1 fully saturated rings. The van der Waals surface area contributed by atoms with E-state index in [0.717, 1.165) is 13.0 Å². The first-order valence-corrected chi connectivity index (χ1v) is 6.71. The molecule has 0 spiro atoms. The summed E-state index contributed by atoms with van der Waals surface area (Å²) < 4.78 is 13.8. The molecule has 2 rings (SSSR count). The highest BCUT2D eigenvalue weighted by Gasteiger charge is 2.40. The van der Waals surface area contributed by atoms with Crippen molar-refractivity contribution < 1.29 is 14.3 Å². The molecule has 1 aromatic carbocycles. The Morgan fingerprint density at radius 3 is 2.94 bits per heavy atom. The predicted molar refractivity (Wildman–Crippen MR) is 70.0 cm³/mol. The minimum atomic E-state index is -0.825. The summed E-state index contributed by atoms with van der Waals surface area (Å²) >= 11 is 3.19. The molecule has 1 heterocycles. The molecule has 18 heavy (non-hydrogen) atoms. The van der Waals surface area contributed by atoms with Gasteiger partial charge in [0.05, 0.1) is 9.89 Å². The lowest BCUT2D eigenvalue weighted by molar-refractivity contribution is -0.150. The number of benzene rings is 1. The van der Waals surface area contributed by atoms with E-state index in [2.05, 4.69) is 21.2 Å². The van der Waals surface area contributed by atoms with Crippen LogP contribution in [0.25, 0.3) is 0 Å². The van der Waals surface area contributed by atoms with Crippen molar-refractivity contribution in [2.75, 3.05) is 13.1 Å². The van der Waals surface area contributed by atoms with Crippen LogP contribution in [0.15, 0.2) is 22.7 Å². The molecule has 0 amide bonds. The minimum absolute atomic E-state index is 0.341. The van der Waals surface area contributed by atoms with Crippen molar-refractivity contribution in [1.29, 1.82) is 0 Å². The van der Waals surface area contributed by atoms with Crippen molar-refractivity contribution in [3.8, 4) is 0 Å². The molecule has 1 aliphatic rings. The summed E-state index contributed by atoms with van der Waals surface area (Å²) in [7, 11) is 0. The second-order valence-corrected chi connectivity index (χ2v) is 5.55. The maximum atomic E-state index is 13.4. The molecule has 1 aliphatic heterocycles. The molecule has 2 N–H and O–H groups in total. The maximum Gasteiger partial charge on any atom is 0.311 e. The first kappa shape index (κ1) is 13.5. The van der Waals surface area contributed by atoms with Gasteiger partial charge >= 0.3 is 5.97 Å². The van der Waals surface area contributed by atoms with Crippen LogP contribution in [-0.2, 0) is 11.2 Å². The lowest BCUT2D eigenvalue weighted by atomic mass is 9.76. The van der Waals surface area contributed by atoms with Gasteiger partial charge in [-0.1, -0.05) is 12.1 Å². The molecule has 1 atom stereocenters. The largest absolute Gasteiger partial charge is 0.481 e. The van der Waals surface area contributed by atoms with Gasteiger partial charge in [0.25, 0.3) is 0 Å². The van der Waals surface area contributed by atoms with E-state index in [1.165, 1.54) is 6.07 Å². The monoisotopic (exact) mass is 315 g/mol. The van der Waals surface area contributed by atoms with Gasteiger partial charge in [0.15, 0.2) is 0 Å². The molecule has 0 aromatic heterocycles. The third-order valence-electron chi connectivity index (χ3n) is 3.49. The molecule has 1 saturated heterocycles. The number of rotatable bonds is 3. The number of nitrogens with one attached hydrogen (secondary N) is 1. The standard InChI is InChI=1S/C13H15BrFNO2/c14-11-9(3-1-4-10(11)15)7-13(12(17)18)5-2-6-16-8-13/h1,3-4,16H,2,5-8H2,(H,17,18). The van der Waals surface area contributed by atoms with Crippen LogP contribution in [0.2, 0.25) is 0 Å². The summed E-state index contributed by atoms with van der Waals surface area (Å²) in [5, 5.41) is 12.6. The van der Waals surface area contributed by atoms with E-state index in [1.54, 1.807) is 12.1 Å². The SMILES string of the molecule is O=C(O)C1(Cc2cccc(F)c2Br)CCCNC1. The molecule has 0 saturated carbocycles. The highest BCUT2D eigenvalue weighted by Crippen LogP contribution is 2.34. The van der Waals surface area contributed by atoms with Crippen LogP contribution in [0, 0.1) is 11.2 Å². The Bertz CT molecular complexity index is 458. The maximum absolute atomic E-state index is 13.4. The van der Waals surface area contributed by atoms with E-state index >= 15 is 0 Å². The highest BCUT2D eigenvalue weighted by atomic mass is 79.9. The smallest absolute Gasteiger partial charge is 0.311 e. The van der Waals surface area contributed by atoms with Gasteiger partial charge in [0, 0.05) is 6.54 Å². The van der Waals surface area contributed by atoms with Crippen molar-refractivity contribution in [2.45, 2.75) is 19.3 Å². The lowest BCUT2D eigenvalue weighted by Gasteiger charge is -2.34. The van der Waals surface area contributed by atoms with E-state index in [1.807, 2.05) is 0 Å². The van der Waals surface area contributed by atoms with Crippen LogP contribution < -0.4 is 5.32 Å². The Kier molecular flexibility index (Phi) is 4.02. The van der Waals surface area contributed by atoms with E-state index in [4.69, 9.17) is 0 Å². The quantitative estimate of drug-likeness (QED) is 0.901. The molecule has 0 bridgehead atoms. The minimum Gasteiger partial charge on any atom is -0.481 e. The average Bonchev–Trinajstić information content (AvgIpc) is 2.36. The number of carbonyl (C=O) groups is 1. The van der Waals surface area contributed by atoms with Crippen LogP contribution in [0.1, 0.15) is 18.4 Å². The fraction of sp³-hybridized carbons (Fsp3) is 0.462. The van der Waals surface area contributed by atoms with Crippen molar-refractivity contribution in [2.24, 2.45) is 5.41 Å². The van der Waals surface area contributed by atoms with Gasteiger partial charge in [-0.05, 0) is 53.4 Å². The molecule has 5 heteroatoms. The van der Waals surface area contributed by atoms with Crippen molar-refractivity contribution in [3.05, 3.63) is 34.1 Å². The highest BCUT2D eigenvalue weighted by molar-refractivity contribution is 9.10. The molecule has 98 valence electrons. The molecule has 1 unspecified atom stereocenters. The second kappa shape index (κ2) is 5.36. The lowest BCUT2D eigenvalue weighted by Crippen LogP contribution is -2.47. The van der Waals surface area contributed by atoms with Crippen LogP contribution in [-0.4, -0.2) is 24.2 Å². The summed E-state index contributed by atoms with van der Waals surface area (Å²) in [6.07, 6.45) is 1.80. The molecule has 0 radical (unpaired) electrons. The van der Waals surface area contributed by atoms with Gasteiger partial charge in [0.1, 0.15) is 5.82 Å². The van der Waals surface area contributed by atoms with E-state index in [0.29, 0.717) is 29.4 Å². The third-order valence-corrected chi connectivity index (χ3v) is 4.37. The van der Waals surface area contributed by atoms with Gasteiger partial charge in [-0.25, -0.2) is 4.39 Å². The van der Waals surface area contributed by atoms with Gasteiger partial charge in [-0.15, -0.1) is 0 Å². The zero-order valence-electron chi connectivity index (χ0n) is 9.88. The van der Waals surface area contributed by atoms with Crippen LogP contribution in [0.5, 0.6) is 0 Å². The van der Waals surface area contributed by atoms with Crippen LogP contribution in [0.3, 0.4) is 0 Å². The van der Waals surface area contributed by atoms with E-state index < -0.39 is 11.4 Å². The van der Waals surface area contributed by atoms with E-state index in [-0.39, 0.29) is 5.82 Å². The Labute approximate surface area is 114 Å². The van der Waals surface area contributed by atoms with Crippen LogP contribution in [0.4, 0.5) is 4.39 Å².